The summed E-state index contributed by atoms with van der Waals surface area (Å²) in [5.74, 6) is 0. The molecule has 18 heavy (non-hydrogen) atoms. The summed E-state index contributed by atoms with van der Waals surface area (Å²) in [6.45, 7) is 0.517. The fraction of sp³-hybridized carbons (Fsp3) is 0.0714. The van der Waals surface area contributed by atoms with Gasteiger partial charge in [-0.3, -0.25) is 0 Å². The smallest absolute Gasteiger partial charge is 0.319 e. The topological polar surface area (TPSA) is 41.1 Å². The van der Waals surface area contributed by atoms with Crippen LogP contribution in [0.3, 0.4) is 0 Å². The van der Waals surface area contributed by atoms with E-state index in [1.165, 1.54) is 0 Å². The number of benzene rings is 2. The summed E-state index contributed by atoms with van der Waals surface area (Å²) in [6.07, 6.45) is 0. The molecule has 0 unspecified atom stereocenters. The monoisotopic (exact) mass is 304 g/mol. The molecule has 2 aromatic rings. The second kappa shape index (κ2) is 6.21. The lowest BCUT2D eigenvalue weighted by molar-refractivity contribution is 0.251. The van der Waals surface area contributed by atoms with E-state index in [-0.39, 0.29) is 6.03 Å². The van der Waals surface area contributed by atoms with Crippen molar-refractivity contribution < 1.29 is 4.79 Å². The SMILES string of the molecule is O=C(NCc1ccccc1)Nc1ccc(Br)cc1. The highest BCUT2D eigenvalue weighted by atomic mass is 79.9. The first kappa shape index (κ1) is 12.6. The van der Waals surface area contributed by atoms with E-state index in [1.54, 1.807) is 0 Å². The van der Waals surface area contributed by atoms with E-state index in [1.807, 2.05) is 54.6 Å². The van der Waals surface area contributed by atoms with Crippen LogP contribution in [-0.4, -0.2) is 6.03 Å². The van der Waals surface area contributed by atoms with E-state index in [4.69, 9.17) is 0 Å². The number of nitrogens with one attached hydrogen (secondary N) is 2. The number of carbonyl (C=O) groups is 1. The Hall–Kier alpha value is -1.81. The van der Waals surface area contributed by atoms with E-state index in [9.17, 15) is 4.79 Å². The number of hydrogen-bond donors (Lipinski definition) is 2. The Bertz CT molecular complexity index is 511. The Balaban J connectivity index is 1.84. The minimum absolute atomic E-state index is 0.207. The normalized spacial score (nSPS) is 9.83. The van der Waals surface area contributed by atoms with E-state index in [0.717, 1.165) is 15.7 Å². The van der Waals surface area contributed by atoms with Crippen LogP contribution in [0.5, 0.6) is 0 Å². The van der Waals surface area contributed by atoms with Crippen LogP contribution in [0.2, 0.25) is 0 Å². The number of urea groups is 1. The highest BCUT2D eigenvalue weighted by Gasteiger charge is 2.01. The van der Waals surface area contributed by atoms with E-state index in [2.05, 4.69) is 26.6 Å². The number of anilines is 1. The molecule has 2 rings (SSSR count). The van der Waals surface area contributed by atoms with Crippen molar-refractivity contribution in [3.05, 3.63) is 64.6 Å². The molecule has 0 aliphatic rings. The predicted octanol–water partition coefficient (Wildman–Crippen LogP) is 3.77. The van der Waals surface area contributed by atoms with Gasteiger partial charge in [-0.2, -0.15) is 0 Å². The Kier molecular flexibility index (Phi) is 4.36. The number of halogens is 1. The standard InChI is InChI=1S/C14H13BrN2O/c15-12-6-8-13(9-7-12)17-14(18)16-10-11-4-2-1-3-5-11/h1-9H,10H2,(H2,16,17,18). The third kappa shape index (κ3) is 3.89. The first-order valence-corrected chi connectivity index (χ1v) is 6.38. The van der Waals surface area contributed by atoms with Crippen molar-refractivity contribution in [3.8, 4) is 0 Å². The van der Waals surface area contributed by atoms with Gasteiger partial charge in [0.25, 0.3) is 0 Å². The van der Waals surface area contributed by atoms with E-state index >= 15 is 0 Å². The van der Waals surface area contributed by atoms with Gasteiger partial charge in [0.15, 0.2) is 0 Å². The zero-order chi connectivity index (χ0) is 12.8. The van der Waals surface area contributed by atoms with Gasteiger partial charge in [0.2, 0.25) is 0 Å². The summed E-state index contributed by atoms with van der Waals surface area (Å²) in [6, 6.07) is 17.0. The molecule has 0 aromatic heterocycles. The maximum absolute atomic E-state index is 11.6. The zero-order valence-corrected chi connectivity index (χ0v) is 11.3. The molecular weight excluding hydrogens is 292 g/mol. The highest BCUT2D eigenvalue weighted by molar-refractivity contribution is 9.10. The van der Waals surface area contributed by atoms with Gasteiger partial charge in [-0.15, -0.1) is 0 Å². The van der Waals surface area contributed by atoms with Crippen LogP contribution in [0.4, 0.5) is 10.5 Å². The zero-order valence-electron chi connectivity index (χ0n) is 9.69. The van der Waals surface area contributed by atoms with E-state index in [0.29, 0.717) is 6.54 Å². The maximum Gasteiger partial charge on any atom is 0.319 e. The third-order valence-corrected chi connectivity index (χ3v) is 2.93. The van der Waals surface area contributed by atoms with Gasteiger partial charge in [0.05, 0.1) is 0 Å². The van der Waals surface area contributed by atoms with Gasteiger partial charge in [-0.1, -0.05) is 46.3 Å². The molecule has 2 aromatic carbocycles. The lowest BCUT2D eigenvalue weighted by Gasteiger charge is -2.07. The van der Waals surface area contributed by atoms with Crippen molar-refractivity contribution in [3.63, 3.8) is 0 Å². The first-order chi connectivity index (χ1) is 8.74. The molecule has 92 valence electrons. The fourth-order valence-corrected chi connectivity index (χ4v) is 1.75. The summed E-state index contributed by atoms with van der Waals surface area (Å²) < 4.78 is 0.984. The molecule has 2 N–H and O–H groups in total. The summed E-state index contributed by atoms with van der Waals surface area (Å²) >= 11 is 3.34. The molecule has 0 spiro atoms. The largest absolute Gasteiger partial charge is 0.334 e. The molecule has 0 bridgehead atoms. The summed E-state index contributed by atoms with van der Waals surface area (Å²) in [4.78, 5) is 11.6. The van der Waals surface area contributed by atoms with Crippen LogP contribution in [0.1, 0.15) is 5.56 Å². The van der Waals surface area contributed by atoms with Gasteiger partial charge in [-0.25, -0.2) is 4.79 Å². The van der Waals surface area contributed by atoms with Gasteiger partial charge >= 0.3 is 6.03 Å². The molecule has 0 saturated heterocycles. The van der Waals surface area contributed by atoms with Crippen molar-refractivity contribution in [2.75, 3.05) is 5.32 Å². The second-order valence-electron chi connectivity index (χ2n) is 3.80. The third-order valence-electron chi connectivity index (χ3n) is 2.40. The van der Waals surface area contributed by atoms with Gasteiger partial charge in [0.1, 0.15) is 0 Å². The van der Waals surface area contributed by atoms with Crippen LogP contribution < -0.4 is 10.6 Å². The van der Waals surface area contributed by atoms with Crippen molar-refractivity contribution in [1.82, 2.24) is 5.32 Å². The van der Waals surface area contributed by atoms with Crippen molar-refractivity contribution in [1.29, 1.82) is 0 Å². The molecule has 0 aliphatic heterocycles. The number of rotatable bonds is 3. The van der Waals surface area contributed by atoms with Gasteiger partial charge < -0.3 is 10.6 Å². The molecule has 3 nitrogen and oxygen atoms in total. The summed E-state index contributed by atoms with van der Waals surface area (Å²) in [7, 11) is 0. The number of amides is 2. The van der Waals surface area contributed by atoms with Crippen molar-refractivity contribution >= 4 is 27.6 Å². The van der Waals surface area contributed by atoms with Crippen LogP contribution in [0.25, 0.3) is 0 Å². The van der Waals surface area contributed by atoms with E-state index < -0.39 is 0 Å². The molecule has 0 radical (unpaired) electrons. The molecule has 4 heteroatoms. The Morgan fingerprint density at radius 3 is 2.33 bits per heavy atom. The molecule has 0 atom stereocenters. The minimum atomic E-state index is -0.207. The first-order valence-electron chi connectivity index (χ1n) is 5.58. The van der Waals surface area contributed by atoms with Gasteiger partial charge in [0, 0.05) is 16.7 Å². The highest BCUT2D eigenvalue weighted by Crippen LogP contribution is 2.13. The summed E-state index contributed by atoms with van der Waals surface area (Å²) in [5, 5.41) is 5.57. The average molecular weight is 305 g/mol. The number of carbonyl (C=O) groups excluding carboxylic acids is 1. The van der Waals surface area contributed by atoms with Crippen molar-refractivity contribution in [2.45, 2.75) is 6.54 Å². The van der Waals surface area contributed by atoms with Crippen LogP contribution >= 0.6 is 15.9 Å². The maximum atomic E-state index is 11.6. The molecule has 0 heterocycles. The predicted molar refractivity (Wildman–Crippen MR) is 76.4 cm³/mol. The van der Waals surface area contributed by atoms with Crippen molar-refractivity contribution in [2.24, 2.45) is 0 Å². The minimum Gasteiger partial charge on any atom is -0.334 e. The fourth-order valence-electron chi connectivity index (χ4n) is 1.49. The Morgan fingerprint density at radius 2 is 1.67 bits per heavy atom. The molecule has 0 saturated carbocycles. The molecular formula is C14H13BrN2O. The molecule has 2 amide bonds. The number of hydrogen-bond acceptors (Lipinski definition) is 1. The average Bonchev–Trinajstić information content (AvgIpc) is 2.40. The second-order valence-corrected chi connectivity index (χ2v) is 4.72. The lowest BCUT2D eigenvalue weighted by atomic mass is 10.2. The molecule has 0 aliphatic carbocycles. The quantitative estimate of drug-likeness (QED) is 0.890. The van der Waals surface area contributed by atoms with Crippen LogP contribution in [0.15, 0.2) is 59.1 Å². The lowest BCUT2D eigenvalue weighted by Crippen LogP contribution is -2.28. The molecule has 0 fully saturated rings. The van der Waals surface area contributed by atoms with Crippen LogP contribution in [0, 0.1) is 0 Å². The Labute approximate surface area is 114 Å². The summed E-state index contributed by atoms with van der Waals surface area (Å²) in [5.41, 5.74) is 1.84. The Morgan fingerprint density at radius 1 is 1.00 bits per heavy atom. The van der Waals surface area contributed by atoms with Gasteiger partial charge in [-0.05, 0) is 29.8 Å². The van der Waals surface area contributed by atoms with Crippen LogP contribution in [-0.2, 0) is 6.54 Å².